The molecule has 10 atom stereocenters. The van der Waals surface area contributed by atoms with Gasteiger partial charge in [-0.2, -0.15) is 0 Å². The lowest BCUT2D eigenvalue weighted by Gasteiger charge is -2.48. The second-order valence-electron chi connectivity index (χ2n) is 10.3. The molecule has 2 heterocycles. The first-order valence-corrected chi connectivity index (χ1v) is 14.2. The van der Waals surface area contributed by atoms with E-state index in [-0.39, 0.29) is 0 Å². The van der Waals surface area contributed by atoms with Crippen LogP contribution in [0.25, 0.3) is 0 Å². The zero-order chi connectivity index (χ0) is 35.6. The first-order valence-electron chi connectivity index (χ1n) is 14.2. The van der Waals surface area contributed by atoms with Gasteiger partial charge in [-0.05, 0) is 0 Å². The summed E-state index contributed by atoms with van der Waals surface area (Å²) in [6.07, 6.45) is -16.3. The van der Waals surface area contributed by atoms with Crippen LogP contribution in [-0.2, 0) is 90.5 Å². The summed E-state index contributed by atoms with van der Waals surface area (Å²) >= 11 is 0. The van der Waals surface area contributed by atoms with Crippen LogP contribution in [0.4, 0.5) is 0 Å². The van der Waals surface area contributed by atoms with Gasteiger partial charge in [0, 0.05) is 55.4 Å². The maximum absolute atomic E-state index is 12.3. The third-order valence-electron chi connectivity index (χ3n) is 6.17. The van der Waals surface area contributed by atoms with E-state index in [0.29, 0.717) is 0 Å². The number of rotatable bonds is 12. The smallest absolute Gasteiger partial charge is 0.305 e. The van der Waals surface area contributed by atoms with Crippen LogP contribution in [0.15, 0.2) is 0 Å². The molecule has 0 saturated carbocycles. The van der Waals surface area contributed by atoms with Crippen molar-refractivity contribution in [2.24, 2.45) is 0 Å². The number of carbonyl (C=O) groups excluding carboxylic acids is 8. The summed E-state index contributed by atoms with van der Waals surface area (Å²) in [6, 6.07) is 0. The molecule has 0 spiro atoms. The Labute approximate surface area is 268 Å². The maximum atomic E-state index is 12.3. The molecule has 0 amide bonds. The molecule has 0 unspecified atom stereocenters. The monoisotopic (exact) mass is 678 g/mol. The Balaban J connectivity index is 2.73. The van der Waals surface area contributed by atoms with Crippen LogP contribution in [-0.4, -0.2) is 122 Å². The van der Waals surface area contributed by atoms with Gasteiger partial charge in [0.1, 0.15) is 31.5 Å². The van der Waals surface area contributed by atoms with E-state index in [0.717, 1.165) is 55.4 Å². The molecule has 2 fully saturated rings. The molecule has 0 aromatic heterocycles. The zero-order valence-electron chi connectivity index (χ0n) is 26.9. The third kappa shape index (κ3) is 12.1. The molecule has 0 aliphatic carbocycles. The number of esters is 8. The van der Waals surface area contributed by atoms with E-state index in [1.807, 2.05) is 0 Å². The van der Waals surface area contributed by atoms with Crippen molar-refractivity contribution in [2.75, 3.05) is 13.2 Å². The topological polar surface area (TPSA) is 238 Å². The van der Waals surface area contributed by atoms with E-state index < -0.39 is 122 Å². The second-order valence-corrected chi connectivity index (χ2v) is 10.3. The molecule has 0 N–H and O–H groups in total. The van der Waals surface area contributed by atoms with Crippen LogP contribution in [0, 0.1) is 0 Å². The predicted octanol–water partition coefficient (Wildman–Crippen LogP) is -0.831. The average Bonchev–Trinajstić information content (AvgIpc) is 2.91. The Bertz CT molecular complexity index is 1200. The van der Waals surface area contributed by atoms with E-state index in [2.05, 4.69) is 0 Å². The standard InChI is InChI=1S/C28H38O19/c1-11(29)37-9-19-21(39-13(3)31)23(40-14(4)32)26(43-17(7)35)28(46-19)47-22-20(10-38-12(2)30)45-27(44-18(8)36)25(42-16(6)34)24(22)41-15(5)33/h19-28H,9-10H2,1-8H3/t19-,20+,21-,22-,23-,24-,25-,26-,27+,28+/m1/s1. The van der Waals surface area contributed by atoms with Crippen molar-refractivity contribution in [3.05, 3.63) is 0 Å². The molecule has 2 rings (SSSR count). The van der Waals surface area contributed by atoms with Crippen molar-refractivity contribution >= 4 is 47.8 Å². The zero-order valence-corrected chi connectivity index (χ0v) is 26.9. The molecule has 0 radical (unpaired) electrons. The van der Waals surface area contributed by atoms with Crippen molar-refractivity contribution in [3.8, 4) is 0 Å². The van der Waals surface area contributed by atoms with Crippen LogP contribution < -0.4 is 0 Å². The van der Waals surface area contributed by atoms with Crippen molar-refractivity contribution in [3.63, 3.8) is 0 Å². The van der Waals surface area contributed by atoms with Crippen molar-refractivity contribution in [1.82, 2.24) is 0 Å². The van der Waals surface area contributed by atoms with Crippen LogP contribution in [0.5, 0.6) is 0 Å². The van der Waals surface area contributed by atoms with Gasteiger partial charge >= 0.3 is 47.8 Å². The van der Waals surface area contributed by atoms with Crippen molar-refractivity contribution < 1.29 is 90.5 Å². The molecule has 19 heteroatoms. The molecule has 0 aromatic carbocycles. The quantitative estimate of drug-likeness (QED) is 0.181. The summed E-state index contributed by atoms with van der Waals surface area (Å²) in [5.74, 6) is -7.02. The SMILES string of the molecule is CC(=O)OC[C@@H]1O[C@H](OC(C)=O)[C@H](OC(C)=O)[C@H](OC(C)=O)[C@@H]1O[C@@H]1O[C@H](COC(C)=O)[C@@H](OC(C)=O)[C@@H](OC(C)=O)[C@H]1OC(C)=O. The minimum atomic E-state index is -1.83. The lowest BCUT2D eigenvalue weighted by atomic mass is 9.96. The summed E-state index contributed by atoms with van der Waals surface area (Å²) in [7, 11) is 0. The first kappa shape index (κ1) is 38.8. The molecule has 47 heavy (non-hydrogen) atoms. The Morgan fingerprint density at radius 3 is 1.11 bits per heavy atom. The van der Waals surface area contributed by atoms with Gasteiger partial charge in [-0.1, -0.05) is 0 Å². The normalized spacial score (nSPS) is 30.0. The highest BCUT2D eigenvalue weighted by Crippen LogP contribution is 2.35. The third-order valence-corrected chi connectivity index (χ3v) is 6.17. The van der Waals surface area contributed by atoms with E-state index in [4.69, 9.17) is 52.1 Å². The highest BCUT2D eigenvalue weighted by atomic mass is 16.8. The number of hydrogen-bond acceptors (Lipinski definition) is 19. The largest absolute Gasteiger partial charge is 0.463 e. The van der Waals surface area contributed by atoms with Gasteiger partial charge in [0.25, 0.3) is 0 Å². The van der Waals surface area contributed by atoms with Gasteiger partial charge in [0.05, 0.1) is 0 Å². The summed E-state index contributed by atoms with van der Waals surface area (Å²) < 4.78 is 60.2. The van der Waals surface area contributed by atoms with E-state index in [9.17, 15) is 38.4 Å². The van der Waals surface area contributed by atoms with Gasteiger partial charge < -0.3 is 52.1 Å². The Kier molecular flexibility index (Phi) is 14.5. The molecular formula is C28H38O19. The number of carbonyl (C=O) groups is 8. The fourth-order valence-corrected chi connectivity index (χ4v) is 4.73. The minimum absolute atomic E-state index is 0.590. The molecule has 2 saturated heterocycles. The van der Waals surface area contributed by atoms with Crippen molar-refractivity contribution in [2.45, 2.75) is 117 Å². The first-order chi connectivity index (χ1) is 21.9. The average molecular weight is 679 g/mol. The van der Waals surface area contributed by atoms with Gasteiger partial charge in [0.2, 0.25) is 12.4 Å². The fourth-order valence-electron chi connectivity index (χ4n) is 4.73. The molecule has 2 aliphatic heterocycles. The molecule has 264 valence electrons. The molecule has 0 aromatic rings. The number of hydrogen-bond donors (Lipinski definition) is 0. The highest BCUT2D eigenvalue weighted by Gasteiger charge is 2.58. The van der Waals surface area contributed by atoms with Crippen LogP contribution in [0.2, 0.25) is 0 Å². The molecule has 0 bridgehead atoms. The molecule has 19 nitrogen and oxygen atoms in total. The Hall–Kier alpha value is -4.36. The second kappa shape index (κ2) is 17.5. The molecular weight excluding hydrogens is 640 g/mol. The van der Waals surface area contributed by atoms with Crippen LogP contribution in [0.1, 0.15) is 55.4 Å². The lowest BCUT2D eigenvalue weighted by Crippen LogP contribution is -2.67. The van der Waals surface area contributed by atoms with Crippen molar-refractivity contribution in [1.29, 1.82) is 0 Å². The summed E-state index contributed by atoms with van der Waals surface area (Å²) in [5.41, 5.74) is 0. The van der Waals surface area contributed by atoms with Gasteiger partial charge in [-0.15, -0.1) is 0 Å². The van der Waals surface area contributed by atoms with E-state index >= 15 is 0 Å². The minimum Gasteiger partial charge on any atom is -0.463 e. The highest BCUT2D eigenvalue weighted by molar-refractivity contribution is 5.70. The van der Waals surface area contributed by atoms with Crippen LogP contribution in [0.3, 0.4) is 0 Å². The Morgan fingerprint density at radius 1 is 0.383 bits per heavy atom. The predicted molar refractivity (Wildman–Crippen MR) is 145 cm³/mol. The van der Waals surface area contributed by atoms with Gasteiger partial charge in [0.15, 0.2) is 30.7 Å². The van der Waals surface area contributed by atoms with Gasteiger partial charge in [-0.3, -0.25) is 38.4 Å². The summed E-state index contributed by atoms with van der Waals surface area (Å²) in [6.45, 7) is 7.05. The lowest BCUT2D eigenvalue weighted by molar-refractivity contribution is -0.357. The summed E-state index contributed by atoms with van der Waals surface area (Å²) in [4.78, 5) is 96.3. The maximum Gasteiger partial charge on any atom is 0.305 e. The molecule has 2 aliphatic rings. The van der Waals surface area contributed by atoms with Crippen LogP contribution >= 0.6 is 0 Å². The Morgan fingerprint density at radius 2 is 0.702 bits per heavy atom. The fraction of sp³-hybridized carbons (Fsp3) is 0.714. The van der Waals surface area contributed by atoms with E-state index in [1.165, 1.54) is 0 Å². The van der Waals surface area contributed by atoms with Gasteiger partial charge in [-0.25, -0.2) is 0 Å². The van der Waals surface area contributed by atoms with E-state index in [1.54, 1.807) is 0 Å². The number of ether oxygens (including phenoxy) is 11. The summed E-state index contributed by atoms with van der Waals surface area (Å²) in [5, 5.41) is 0.